The number of aromatic nitrogens is 1. The average molecular weight is 893 g/mol. The van der Waals surface area contributed by atoms with E-state index in [4.69, 9.17) is 0 Å². The van der Waals surface area contributed by atoms with Gasteiger partial charge in [0.05, 0.1) is 5.75 Å². The van der Waals surface area contributed by atoms with Crippen molar-refractivity contribution >= 4 is 47.3 Å². The van der Waals surface area contributed by atoms with E-state index in [2.05, 4.69) is 26.0 Å². The van der Waals surface area contributed by atoms with E-state index in [0.29, 0.717) is 27.9 Å². The number of carbonyl (C=O) groups excluding carboxylic acids is 6. The number of benzene rings is 2. The van der Waals surface area contributed by atoms with Gasteiger partial charge in [-0.15, -0.1) is 11.8 Å². The van der Waals surface area contributed by atoms with Gasteiger partial charge in [-0.05, 0) is 35.2 Å². The third-order valence-electron chi connectivity index (χ3n) is 10.2. The summed E-state index contributed by atoms with van der Waals surface area (Å²) in [6.45, 7) is 4.86. The number of ether oxygens (including phenoxy) is 1. The van der Waals surface area contributed by atoms with Gasteiger partial charge in [0.1, 0.15) is 24.4 Å². The Morgan fingerprint density at radius 2 is 1.60 bits per heavy atom. The van der Waals surface area contributed by atoms with E-state index in [9.17, 15) is 46.3 Å². The first kappa shape index (κ1) is 47.4. The molecule has 1 saturated heterocycles. The lowest BCUT2D eigenvalue weighted by molar-refractivity contribution is -0.204. The number of halogens is 6. The molecule has 2 unspecified atom stereocenters. The normalized spacial score (nSPS) is 18.0. The topological polar surface area (TPSA) is 168 Å². The van der Waals surface area contributed by atoms with Crippen LogP contribution in [0.25, 0.3) is 11.1 Å². The van der Waals surface area contributed by atoms with Crippen molar-refractivity contribution in [1.29, 1.82) is 0 Å². The molecule has 5 atom stereocenters. The maximum Gasteiger partial charge on any atom is 0.490 e. The summed E-state index contributed by atoms with van der Waals surface area (Å²) in [6.07, 6.45) is -5.28. The molecule has 1 aromatic heterocycles. The van der Waals surface area contributed by atoms with Gasteiger partial charge in [0.2, 0.25) is 11.8 Å². The summed E-state index contributed by atoms with van der Waals surface area (Å²) in [7, 11) is 0. The summed E-state index contributed by atoms with van der Waals surface area (Å²) in [4.78, 5) is 74.7. The van der Waals surface area contributed by atoms with E-state index in [-0.39, 0.29) is 38.3 Å². The highest BCUT2D eigenvalue weighted by Gasteiger charge is 2.46. The molecule has 2 aliphatic heterocycles. The van der Waals surface area contributed by atoms with E-state index in [1.807, 2.05) is 55.7 Å². The van der Waals surface area contributed by atoms with Crippen LogP contribution in [0.3, 0.4) is 0 Å². The van der Waals surface area contributed by atoms with Crippen LogP contribution in [0.2, 0.25) is 0 Å². The second-order valence-electron chi connectivity index (χ2n) is 15.8. The van der Waals surface area contributed by atoms with Crippen LogP contribution in [0.4, 0.5) is 26.3 Å². The molecule has 5 rings (SSSR count). The molecule has 62 heavy (non-hydrogen) atoms. The quantitative estimate of drug-likeness (QED) is 0.0639. The van der Waals surface area contributed by atoms with Gasteiger partial charge >= 0.3 is 12.1 Å². The number of imide groups is 1. The molecule has 0 aliphatic carbocycles. The molecule has 1 fully saturated rings. The van der Waals surface area contributed by atoms with E-state index in [0.717, 1.165) is 35.9 Å². The number of carbonyl (C=O) groups is 6. The lowest BCUT2D eigenvalue weighted by Gasteiger charge is -2.41. The van der Waals surface area contributed by atoms with Crippen molar-refractivity contribution in [2.75, 3.05) is 44.2 Å². The highest BCUT2D eigenvalue weighted by Crippen LogP contribution is 2.44. The zero-order valence-corrected chi connectivity index (χ0v) is 34.7. The fraction of sp³-hybridized carbons (Fsp3) is 0.429. The third kappa shape index (κ3) is 12.5. The Labute approximate surface area is 357 Å². The number of nitrogens with one attached hydrogen (secondary N) is 4. The van der Waals surface area contributed by atoms with Crippen molar-refractivity contribution in [3.8, 4) is 11.1 Å². The fourth-order valence-electron chi connectivity index (χ4n) is 7.33. The van der Waals surface area contributed by atoms with Crippen LogP contribution in [0.15, 0.2) is 72.9 Å². The van der Waals surface area contributed by atoms with Crippen molar-refractivity contribution < 1.29 is 59.8 Å². The summed E-state index contributed by atoms with van der Waals surface area (Å²) in [6, 6.07) is 13.1. The predicted octanol–water partition coefficient (Wildman–Crippen LogP) is 4.02. The minimum atomic E-state index is -5.46. The van der Waals surface area contributed by atoms with Crippen LogP contribution < -0.4 is 21.3 Å². The summed E-state index contributed by atoms with van der Waals surface area (Å²) in [5.74, 6) is -10.6. The van der Waals surface area contributed by atoms with Gasteiger partial charge < -0.3 is 30.6 Å². The third-order valence-corrected chi connectivity index (χ3v) is 11.2. The van der Waals surface area contributed by atoms with Crippen molar-refractivity contribution in [3.63, 3.8) is 0 Å². The van der Waals surface area contributed by atoms with Crippen molar-refractivity contribution in [3.05, 3.63) is 95.8 Å². The summed E-state index contributed by atoms with van der Waals surface area (Å²) in [5, 5.41) is 10.5. The lowest BCUT2D eigenvalue weighted by Crippen LogP contribution is -2.51. The largest absolute Gasteiger partial charge is 0.490 e. The molecule has 2 aliphatic rings. The number of nitrogens with zero attached hydrogens (tertiary/aromatic N) is 2. The van der Waals surface area contributed by atoms with Crippen LogP contribution in [-0.4, -0.2) is 114 Å². The number of amides is 5. The maximum atomic E-state index is 15.8. The first-order valence-corrected chi connectivity index (χ1v) is 20.7. The zero-order valence-electron chi connectivity index (χ0n) is 33.9. The Bertz CT molecular complexity index is 2140. The molecule has 0 bridgehead atoms. The van der Waals surface area contributed by atoms with Crippen LogP contribution in [0.5, 0.6) is 0 Å². The molecule has 20 heteroatoms. The standard InChI is InChI=1S/C42H46F6N6O7S/c1-41(2,3)37(31-15-25(27-16-26(43)9-10-29(27)44)20-53(31)19-24-7-5-4-6-8-24)38(28-17-49-18-30(28)45)52-34(56)23-62-22-32(61-40(60)42(46,47)48)39(59)51-14-13-50-33(55)21-54-35(57)11-12-36(54)58/h4-12,15-16,20,28,30,32,37-38,49H,13-14,17-19,21-23H2,1-3H3,(H,50,55)(H,51,59)(H,52,56)/t28-,30+,32?,37+,38?/m1/s1. The summed E-state index contributed by atoms with van der Waals surface area (Å²) < 4.78 is 91.3. The van der Waals surface area contributed by atoms with Crippen molar-refractivity contribution in [2.45, 2.75) is 57.7 Å². The van der Waals surface area contributed by atoms with Crippen LogP contribution in [0, 0.1) is 23.0 Å². The first-order valence-electron chi connectivity index (χ1n) is 19.5. The molecule has 13 nitrogen and oxygen atoms in total. The highest BCUT2D eigenvalue weighted by atomic mass is 32.2. The number of rotatable bonds is 18. The van der Waals surface area contributed by atoms with Gasteiger partial charge in [-0.1, -0.05) is 51.1 Å². The Morgan fingerprint density at radius 1 is 0.919 bits per heavy atom. The summed E-state index contributed by atoms with van der Waals surface area (Å²) in [5.41, 5.74) is 1.07. The molecule has 0 spiro atoms. The molecule has 0 saturated carbocycles. The molecule has 2 aromatic carbocycles. The minimum Gasteiger partial charge on any atom is -0.445 e. The Kier molecular flexibility index (Phi) is 15.7. The molecular formula is C42H46F6N6O7S. The van der Waals surface area contributed by atoms with E-state index in [1.165, 1.54) is 0 Å². The zero-order chi connectivity index (χ0) is 45.4. The SMILES string of the molecule is CC(C)(C)[C@@H](c1cc(-c2cc(F)ccc2F)cn1Cc1ccccc1)C(NC(=O)CSCC(OC(=O)C(F)(F)F)C(=O)NCCNC(=O)CN1C(=O)C=CC1=O)[C@@H]1CNC[C@@H]1F. The summed E-state index contributed by atoms with van der Waals surface area (Å²) >= 11 is 0.668. The number of hydrogen-bond donors (Lipinski definition) is 4. The van der Waals surface area contributed by atoms with E-state index < -0.39 is 107 Å². The Morgan fingerprint density at radius 3 is 2.23 bits per heavy atom. The molecule has 4 N–H and O–H groups in total. The lowest BCUT2D eigenvalue weighted by atomic mass is 9.70. The first-order chi connectivity index (χ1) is 29.2. The van der Waals surface area contributed by atoms with Crippen LogP contribution in [-0.2, 0) is 40.0 Å². The molecule has 334 valence electrons. The number of hydrogen-bond acceptors (Lipinski definition) is 9. The van der Waals surface area contributed by atoms with Gasteiger partial charge in [-0.3, -0.25) is 28.9 Å². The molecule has 3 aromatic rings. The van der Waals surface area contributed by atoms with Crippen molar-refractivity contribution in [2.24, 2.45) is 11.3 Å². The van der Waals surface area contributed by atoms with E-state index in [1.54, 1.807) is 12.3 Å². The molecule has 5 amide bonds. The number of alkyl halides is 4. The molecule has 3 heterocycles. The van der Waals surface area contributed by atoms with Crippen LogP contribution in [0.1, 0.15) is 37.9 Å². The smallest absolute Gasteiger partial charge is 0.445 e. The van der Waals surface area contributed by atoms with Gasteiger partial charge in [0, 0.05) is 91.5 Å². The van der Waals surface area contributed by atoms with Gasteiger partial charge in [-0.25, -0.2) is 18.0 Å². The minimum absolute atomic E-state index is 0.00570. The predicted molar refractivity (Wildman–Crippen MR) is 216 cm³/mol. The second kappa shape index (κ2) is 20.5. The second-order valence-corrected chi connectivity index (χ2v) is 16.8. The maximum absolute atomic E-state index is 15.8. The number of esters is 1. The monoisotopic (exact) mass is 892 g/mol. The highest BCUT2D eigenvalue weighted by molar-refractivity contribution is 8.00. The Hall–Kier alpha value is -5.63. The molecule has 0 radical (unpaired) electrons. The van der Waals surface area contributed by atoms with Gasteiger partial charge in [0.15, 0.2) is 6.10 Å². The Balaban J connectivity index is 1.33. The van der Waals surface area contributed by atoms with E-state index >= 15 is 8.78 Å². The number of thioether (sulfide) groups is 1. The van der Waals surface area contributed by atoms with Crippen molar-refractivity contribution in [1.82, 2.24) is 30.7 Å². The fourth-order valence-corrected chi connectivity index (χ4v) is 8.15. The van der Waals surface area contributed by atoms with Crippen LogP contribution >= 0.6 is 11.8 Å². The van der Waals surface area contributed by atoms with Gasteiger partial charge in [0.25, 0.3) is 17.7 Å². The van der Waals surface area contributed by atoms with Gasteiger partial charge in [-0.2, -0.15) is 13.2 Å². The average Bonchev–Trinajstić information content (AvgIpc) is 3.90. The molecular weight excluding hydrogens is 847 g/mol.